The van der Waals surface area contributed by atoms with Gasteiger partial charge in [0.2, 0.25) is 0 Å². The zero-order chi connectivity index (χ0) is 14.8. The first kappa shape index (κ1) is 14.0. The highest BCUT2D eigenvalue weighted by Crippen LogP contribution is 2.27. The zero-order valence-corrected chi connectivity index (χ0v) is 12.2. The van der Waals surface area contributed by atoms with Crippen LogP contribution in [0.1, 0.15) is 26.5 Å². The Hall–Kier alpha value is -1.92. The molecule has 0 bridgehead atoms. The third-order valence-electron chi connectivity index (χ3n) is 3.46. The fourth-order valence-electron chi connectivity index (χ4n) is 2.36. The summed E-state index contributed by atoms with van der Waals surface area (Å²) in [4.78, 5) is 14.2. The molecule has 0 atom stereocenters. The van der Waals surface area contributed by atoms with E-state index in [0.717, 1.165) is 25.9 Å². The van der Waals surface area contributed by atoms with E-state index in [0.29, 0.717) is 16.3 Å². The van der Waals surface area contributed by atoms with Crippen LogP contribution in [0.5, 0.6) is 0 Å². The molecular weight excluding hydrogens is 289 g/mol. The number of amides is 1. The number of thiophene rings is 1. The van der Waals surface area contributed by atoms with E-state index in [1.807, 2.05) is 6.07 Å². The molecule has 1 aliphatic rings. The van der Waals surface area contributed by atoms with Crippen LogP contribution in [0.15, 0.2) is 24.3 Å². The lowest BCUT2D eigenvalue weighted by Gasteiger charge is -2.07. The molecule has 0 aliphatic carbocycles. The number of fused-ring (bicyclic) bond motifs is 1. The van der Waals surface area contributed by atoms with E-state index in [4.69, 9.17) is 5.73 Å². The molecule has 21 heavy (non-hydrogen) atoms. The Balaban J connectivity index is 1.81. The Bertz CT molecular complexity index is 660. The molecule has 0 spiro atoms. The van der Waals surface area contributed by atoms with Crippen molar-refractivity contribution in [2.75, 3.05) is 17.6 Å². The number of nitrogens with one attached hydrogen (secondary N) is 2. The van der Waals surface area contributed by atoms with E-state index in [1.54, 1.807) is 0 Å². The van der Waals surface area contributed by atoms with Crippen molar-refractivity contribution in [1.29, 1.82) is 0 Å². The van der Waals surface area contributed by atoms with Crippen LogP contribution in [-0.2, 0) is 13.0 Å². The molecule has 0 unspecified atom stereocenters. The van der Waals surface area contributed by atoms with Gasteiger partial charge in [-0.3, -0.25) is 4.79 Å². The van der Waals surface area contributed by atoms with Crippen LogP contribution in [-0.4, -0.2) is 12.5 Å². The van der Waals surface area contributed by atoms with Crippen LogP contribution in [0.25, 0.3) is 0 Å². The van der Waals surface area contributed by atoms with Crippen molar-refractivity contribution < 1.29 is 9.18 Å². The molecule has 1 aliphatic heterocycles. The van der Waals surface area contributed by atoms with Gasteiger partial charge in [-0.05, 0) is 49.2 Å². The van der Waals surface area contributed by atoms with Gasteiger partial charge in [0.05, 0.1) is 16.3 Å². The minimum Gasteiger partial charge on any atom is -0.397 e. The van der Waals surface area contributed by atoms with E-state index in [1.165, 1.54) is 40.0 Å². The van der Waals surface area contributed by atoms with Crippen LogP contribution in [0.4, 0.5) is 15.8 Å². The first-order chi connectivity index (χ1) is 10.1. The van der Waals surface area contributed by atoms with E-state index < -0.39 is 5.82 Å². The Labute approximate surface area is 126 Å². The summed E-state index contributed by atoms with van der Waals surface area (Å²) < 4.78 is 13.2. The molecule has 6 heteroatoms. The normalized spacial score (nSPS) is 14.3. The SMILES string of the molecule is Nc1ccc(F)cc1NC(=O)c1cc2c(s1)CCCNC2. The number of rotatable bonds is 2. The molecule has 2 aromatic rings. The van der Waals surface area contributed by atoms with Gasteiger partial charge in [0.25, 0.3) is 5.91 Å². The Morgan fingerprint density at radius 2 is 2.24 bits per heavy atom. The average molecular weight is 305 g/mol. The molecule has 1 aromatic carbocycles. The summed E-state index contributed by atoms with van der Waals surface area (Å²) in [5, 5.41) is 6.01. The number of carbonyl (C=O) groups is 1. The van der Waals surface area contributed by atoms with E-state index in [2.05, 4.69) is 10.6 Å². The van der Waals surface area contributed by atoms with Gasteiger partial charge in [-0.25, -0.2) is 4.39 Å². The van der Waals surface area contributed by atoms with E-state index in [-0.39, 0.29) is 5.91 Å². The molecule has 4 N–H and O–H groups in total. The lowest BCUT2D eigenvalue weighted by molar-refractivity contribution is 0.103. The topological polar surface area (TPSA) is 67.1 Å². The van der Waals surface area contributed by atoms with Crippen LogP contribution in [0.2, 0.25) is 0 Å². The fraction of sp³-hybridized carbons (Fsp3) is 0.267. The van der Waals surface area contributed by atoms with Crippen LogP contribution < -0.4 is 16.4 Å². The lowest BCUT2D eigenvalue weighted by Crippen LogP contribution is -2.13. The van der Waals surface area contributed by atoms with Gasteiger partial charge >= 0.3 is 0 Å². The van der Waals surface area contributed by atoms with Gasteiger partial charge in [-0.1, -0.05) is 0 Å². The molecule has 3 rings (SSSR count). The summed E-state index contributed by atoms with van der Waals surface area (Å²) in [5.74, 6) is -0.670. The molecule has 1 aromatic heterocycles. The number of benzene rings is 1. The second-order valence-corrected chi connectivity index (χ2v) is 6.16. The molecule has 0 radical (unpaired) electrons. The minimum absolute atomic E-state index is 0.245. The van der Waals surface area contributed by atoms with Crippen molar-refractivity contribution in [2.24, 2.45) is 0 Å². The molecule has 1 amide bonds. The van der Waals surface area contributed by atoms with Crippen molar-refractivity contribution >= 4 is 28.6 Å². The van der Waals surface area contributed by atoms with Crippen molar-refractivity contribution in [3.05, 3.63) is 45.4 Å². The number of halogens is 1. The molecule has 0 saturated heterocycles. The number of anilines is 2. The van der Waals surface area contributed by atoms with Crippen molar-refractivity contribution in [3.63, 3.8) is 0 Å². The Morgan fingerprint density at radius 3 is 3.10 bits per heavy atom. The smallest absolute Gasteiger partial charge is 0.265 e. The number of hydrogen-bond acceptors (Lipinski definition) is 4. The number of nitrogen functional groups attached to an aromatic ring is 1. The summed E-state index contributed by atoms with van der Waals surface area (Å²) in [6, 6.07) is 5.85. The first-order valence-electron chi connectivity index (χ1n) is 6.82. The van der Waals surface area contributed by atoms with Crippen molar-refractivity contribution in [3.8, 4) is 0 Å². The number of aryl methyl sites for hydroxylation is 1. The van der Waals surface area contributed by atoms with Crippen LogP contribution in [0, 0.1) is 5.82 Å². The van der Waals surface area contributed by atoms with E-state index >= 15 is 0 Å². The third-order valence-corrected chi connectivity index (χ3v) is 4.69. The van der Waals surface area contributed by atoms with Gasteiger partial charge in [0.15, 0.2) is 0 Å². The minimum atomic E-state index is -0.425. The maximum Gasteiger partial charge on any atom is 0.265 e. The number of hydrogen-bond donors (Lipinski definition) is 3. The summed E-state index contributed by atoms with van der Waals surface area (Å²) >= 11 is 1.50. The lowest BCUT2D eigenvalue weighted by atomic mass is 10.2. The summed E-state index contributed by atoms with van der Waals surface area (Å²) in [6.45, 7) is 1.80. The predicted molar refractivity (Wildman–Crippen MR) is 83.1 cm³/mol. The summed E-state index contributed by atoms with van der Waals surface area (Å²) in [7, 11) is 0. The second kappa shape index (κ2) is 5.83. The Kier molecular flexibility index (Phi) is 3.90. The number of nitrogens with two attached hydrogens (primary N) is 1. The molecule has 2 heterocycles. The molecule has 110 valence electrons. The zero-order valence-electron chi connectivity index (χ0n) is 11.4. The van der Waals surface area contributed by atoms with Crippen LogP contribution in [0.3, 0.4) is 0 Å². The fourth-order valence-corrected chi connectivity index (χ4v) is 3.48. The predicted octanol–water partition coefficient (Wildman–Crippen LogP) is 2.76. The summed E-state index contributed by atoms with van der Waals surface area (Å²) in [5.41, 5.74) is 7.58. The van der Waals surface area contributed by atoms with Gasteiger partial charge in [0, 0.05) is 11.4 Å². The summed E-state index contributed by atoms with van der Waals surface area (Å²) in [6.07, 6.45) is 2.06. The maximum atomic E-state index is 13.2. The highest BCUT2D eigenvalue weighted by molar-refractivity contribution is 7.14. The Morgan fingerprint density at radius 1 is 1.38 bits per heavy atom. The second-order valence-electron chi connectivity index (χ2n) is 5.03. The van der Waals surface area contributed by atoms with Gasteiger partial charge in [0.1, 0.15) is 5.82 Å². The standard InChI is InChI=1S/C15H16FN3OS/c16-10-3-4-11(17)12(7-10)19-15(20)14-6-9-8-18-5-1-2-13(9)21-14/h3-4,6-7,18H,1-2,5,8,17H2,(H,19,20). The van der Waals surface area contributed by atoms with Crippen molar-refractivity contribution in [2.45, 2.75) is 19.4 Å². The highest BCUT2D eigenvalue weighted by Gasteiger charge is 2.17. The van der Waals surface area contributed by atoms with Gasteiger partial charge < -0.3 is 16.4 Å². The van der Waals surface area contributed by atoms with Crippen molar-refractivity contribution in [1.82, 2.24) is 5.32 Å². The molecular formula is C15H16FN3OS. The van der Waals surface area contributed by atoms with Gasteiger partial charge in [-0.15, -0.1) is 11.3 Å². The monoisotopic (exact) mass is 305 g/mol. The largest absolute Gasteiger partial charge is 0.397 e. The molecule has 4 nitrogen and oxygen atoms in total. The quantitative estimate of drug-likeness (QED) is 0.747. The third kappa shape index (κ3) is 3.06. The number of carbonyl (C=O) groups excluding carboxylic acids is 1. The maximum absolute atomic E-state index is 13.2. The first-order valence-corrected chi connectivity index (χ1v) is 7.64. The van der Waals surface area contributed by atoms with Crippen LogP contribution >= 0.6 is 11.3 Å². The van der Waals surface area contributed by atoms with Gasteiger partial charge in [-0.2, -0.15) is 0 Å². The highest BCUT2D eigenvalue weighted by atomic mass is 32.1. The molecule has 0 saturated carbocycles. The van der Waals surface area contributed by atoms with E-state index in [9.17, 15) is 9.18 Å². The average Bonchev–Trinajstić information content (AvgIpc) is 2.74. The molecule has 0 fully saturated rings.